The second-order valence-corrected chi connectivity index (χ2v) is 11.0. The van der Waals surface area contributed by atoms with Crippen LogP contribution in [0.3, 0.4) is 0 Å². The summed E-state index contributed by atoms with van der Waals surface area (Å²) >= 11 is 1.41. The van der Waals surface area contributed by atoms with E-state index < -0.39 is 5.97 Å². The molecule has 2 aromatic carbocycles. The molecule has 4 aromatic rings. The maximum absolute atomic E-state index is 13.8. The Hall–Kier alpha value is -3.71. The molecular formula is C31H30N2O4S. The molecule has 38 heavy (non-hydrogen) atoms. The third-order valence-electron chi connectivity index (χ3n) is 7.64. The lowest BCUT2D eigenvalue weighted by molar-refractivity contribution is 0.0525. The van der Waals surface area contributed by atoms with Crippen molar-refractivity contribution >= 4 is 40.0 Å². The molecule has 0 saturated carbocycles. The van der Waals surface area contributed by atoms with Gasteiger partial charge >= 0.3 is 5.97 Å². The molecule has 1 N–H and O–H groups in total. The van der Waals surface area contributed by atoms with E-state index in [-0.39, 0.29) is 18.0 Å². The molecule has 0 bridgehead atoms. The average Bonchev–Trinajstić information content (AvgIpc) is 3.32. The summed E-state index contributed by atoms with van der Waals surface area (Å²) in [5, 5.41) is 13.2. The van der Waals surface area contributed by atoms with Gasteiger partial charge in [0.2, 0.25) is 5.88 Å². The highest BCUT2D eigenvalue weighted by atomic mass is 32.1. The predicted octanol–water partition coefficient (Wildman–Crippen LogP) is 6.44. The summed E-state index contributed by atoms with van der Waals surface area (Å²) in [6, 6.07) is 13.4. The monoisotopic (exact) mass is 526 g/mol. The van der Waals surface area contributed by atoms with E-state index in [0.717, 1.165) is 61.1 Å². The van der Waals surface area contributed by atoms with Gasteiger partial charge in [0.15, 0.2) is 0 Å². The predicted molar refractivity (Wildman–Crippen MR) is 152 cm³/mol. The Morgan fingerprint density at radius 1 is 1.00 bits per heavy atom. The van der Waals surface area contributed by atoms with Crippen molar-refractivity contribution in [2.24, 2.45) is 4.99 Å². The molecule has 0 amide bonds. The first kappa shape index (κ1) is 24.6. The number of thiophene rings is 1. The zero-order valence-electron chi connectivity index (χ0n) is 21.5. The number of hydrogen-bond donors (Lipinski definition) is 1. The number of esters is 1. The van der Waals surface area contributed by atoms with Crippen molar-refractivity contribution in [1.29, 1.82) is 0 Å². The molecule has 2 aliphatic rings. The van der Waals surface area contributed by atoms with Gasteiger partial charge in [0.05, 0.1) is 23.4 Å². The van der Waals surface area contributed by atoms with Crippen LogP contribution in [-0.2, 0) is 30.4 Å². The fourth-order valence-corrected chi connectivity index (χ4v) is 7.19. The van der Waals surface area contributed by atoms with Crippen molar-refractivity contribution in [2.75, 3.05) is 6.61 Å². The number of carbonyl (C=O) groups is 1. The van der Waals surface area contributed by atoms with E-state index in [2.05, 4.69) is 6.07 Å². The first-order valence-electron chi connectivity index (χ1n) is 13.4. The summed E-state index contributed by atoms with van der Waals surface area (Å²) in [5.74, 6) is -0.668. The molecule has 6 rings (SSSR count). The Kier molecular flexibility index (Phi) is 6.62. The van der Waals surface area contributed by atoms with Gasteiger partial charge in [0.25, 0.3) is 5.56 Å². The lowest BCUT2D eigenvalue weighted by atomic mass is 9.90. The van der Waals surface area contributed by atoms with Gasteiger partial charge < -0.3 is 9.84 Å². The molecule has 0 radical (unpaired) electrons. The third-order valence-corrected chi connectivity index (χ3v) is 8.92. The molecule has 0 spiro atoms. The maximum Gasteiger partial charge on any atom is 0.341 e. The lowest BCUT2D eigenvalue weighted by Crippen LogP contribution is -2.22. The first-order valence-corrected chi connectivity index (χ1v) is 14.2. The van der Waals surface area contributed by atoms with Gasteiger partial charge in [0.1, 0.15) is 5.00 Å². The van der Waals surface area contributed by atoms with Gasteiger partial charge in [-0.3, -0.25) is 9.79 Å². The van der Waals surface area contributed by atoms with Crippen molar-refractivity contribution in [3.63, 3.8) is 0 Å². The maximum atomic E-state index is 13.8. The number of ether oxygens (including phenoxy) is 1. The van der Waals surface area contributed by atoms with Crippen molar-refractivity contribution in [3.8, 4) is 10.9 Å². The van der Waals surface area contributed by atoms with Gasteiger partial charge in [-0.25, -0.2) is 9.36 Å². The van der Waals surface area contributed by atoms with Crippen LogP contribution in [0, 0.1) is 0 Å². The zero-order valence-corrected chi connectivity index (χ0v) is 22.3. The molecular weight excluding hydrogens is 496 g/mol. The Morgan fingerprint density at radius 2 is 1.74 bits per heavy atom. The number of hydrogen-bond acceptors (Lipinski definition) is 6. The molecule has 2 aliphatic carbocycles. The quantitative estimate of drug-likeness (QED) is 0.240. The number of aromatic hydroxyl groups is 1. The van der Waals surface area contributed by atoms with E-state index in [1.54, 1.807) is 19.2 Å². The number of rotatable bonds is 5. The Morgan fingerprint density at radius 3 is 2.55 bits per heavy atom. The number of benzene rings is 2. The molecule has 0 atom stereocenters. The van der Waals surface area contributed by atoms with Crippen molar-refractivity contribution in [1.82, 2.24) is 4.57 Å². The summed E-state index contributed by atoms with van der Waals surface area (Å²) in [6.07, 6.45) is 9.65. The number of pyridine rings is 1. The minimum absolute atomic E-state index is 0.216. The molecule has 2 heterocycles. The van der Waals surface area contributed by atoms with Crippen molar-refractivity contribution in [3.05, 3.63) is 85.5 Å². The average molecular weight is 527 g/mol. The van der Waals surface area contributed by atoms with E-state index >= 15 is 0 Å². The third kappa shape index (κ3) is 4.15. The van der Waals surface area contributed by atoms with Crippen LogP contribution in [0.1, 0.15) is 70.1 Å². The highest BCUT2D eigenvalue weighted by Crippen LogP contribution is 2.39. The smallest absolute Gasteiger partial charge is 0.341 e. The highest BCUT2D eigenvalue weighted by Gasteiger charge is 2.30. The lowest BCUT2D eigenvalue weighted by Gasteiger charge is -2.17. The minimum Gasteiger partial charge on any atom is -0.494 e. The molecule has 7 heteroatoms. The van der Waals surface area contributed by atoms with E-state index in [9.17, 15) is 14.7 Å². The number of fused-ring (bicyclic) bond motifs is 3. The SMILES string of the molecule is CCOC(=O)c1c(-n2c(O)c(C=Nc3cccc4c3CCCC4)c3ccccc3c2=O)sc2c1CCCC2. The van der Waals surface area contributed by atoms with Crippen LogP contribution in [0.2, 0.25) is 0 Å². The van der Waals surface area contributed by atoms with Gasteiger partial charge in [-0.05, 0) is 87.1 Å². The molecule has 0 fully saturated rings. The fourth-order valence-electron chi connectivity index (χ4n) is 5.82. The zero-order chi connectivity index (χ0) is 26.2. The number of carbonyl (C=O) groups excluding carboxylic acids is 1. The second kappa shape index (κ2) is 10.2. The van der Waals surface area contributed by atoms with Crippen LogP contribution in [0.5, 0.6) is 5.88 Å². The molecule has 2 aromatic heterocycles. The van der Waals surface area contributed by atoms with E-state index in [1.165, 1.54) is 33.5 Å². The summed E-state index contributed by atoms with van der Waals surface area (Å²) < 4.78 is 6.71. The topological polar surface area (TPSA) is 80.9 Å². The Labute approximate surface area is 225 Å². The van der Waals surface area contributed by atoms with Crippen LogP contribution in [0.4, 0.5) is 5.69 Å². The van der Waals surface area contributed by atoms with E-state index in [1.807, 2.05) is 30.3 Å². The highest BCUT2D eigenvalue weighted by molar-refractivity contribution is 7.15. The summed E-state index contributed by atoms with van der Waals surface area (Å²) in [6.45, 7) is 2.01. The summed E-state index contributed by atoms with van der Waals surface area (Å²) in [4.78, 5) is 32.9. The van der Waals surface area contributed by atoms with Crippen LogP contribution < -0.4 is 5.56 Å². The number of aliphatic imine (C=N–C) groups is 1. The molecule has 0 unspecified atom stereocenters. The molecule has 0 aliphatic heterocycles. The van der Waals surface area contributed by atoms with Crippen LogP contribution in [0.15, 0.2) is 52.3 Å². The van der Waals surface area contributed by atoms with Crippen LogP contribution >= 0.6 is 11.3 Å². The Bertz CT molecular complexity index is 1650. The van der Waals surface area contributed by atoms with Gasteiger partial charge in [-0.1, -0.05) is 30.3 Å². The number of aryl methyl sites for hydroxylation is 2. The second-order valence-electron chi connectivity index (χ2n) is 9.92. The summed E-state index contributed by atoms with van der Waals surface area (Å²) in [7, 11) is 0. The standard InChI is InChI=1S/C31H30N2O4S/c1-2-37-31(36)27-23-15-7-8-17-26(23)38-30(27)33-28(34)22-14-6-5-13-21(22)24(29(33)35)18-32-25-16-9-11-19-10-3-4-12-20(19)25/h5-6,9,11,13-14,16,18,35H,2-4,7-8,10,12,15,17H2,1H3. The molecule has 0 saturated heterocycles. The van der Waals surface area contributed by atoms with Crippen molar-refractivity contribution in [2.45, 2.75) is 58.3 Å². The van der Waals surface area contributed by atoms with E-state index in [0.29, 0.717) is 26.9 Å². The Balaban J connectivity index is 1.58. The molecule has 6 nitrogen and oxygen atoms in total. The van der Waals surface area contributed by atoms with Gasteiger partial charge in [0, 0.05) is 21.9 Å². The van der Waals surface area contributed by atoms with Crippen LogP contribution in [-0.4, -0.2) is 28.5 Å². The minimum atomic E-state index is -0.451. The van der Waals surface area contributed by atoms with Crippen LogP contribution in [0.25, 0.3) is 15.8 Å². The molecule has 194 valence electrons. The normalized spacial score (nSPS) is 15.0. The number of aromatic nitrogens is 1. The number of nitrogens with zero attached hydrogens (tertiary/aromatic N) is 2. The summed E-state index contributed by atoms with van der Waals surface area (Å²) in [5.41, 5.74) is 4.91. The van der Waals surface area contributed by atoms with Gasteiger partial charge in [-0.2, -0.15) is 0 Å². The van der Waals surface area contributed by atoms with Crippen molar-refractivity contribution < 1.29 is 14.6 Å². The largest absolute Gasteiger partial charge is 0.494 e. The van der Waals surface area contributed by atoms with E-state index in [4.69, 9.17) is 9.73 Å². The van der Waals surface area contributed by atoms with Gasteiger partial charge in [-0.15, -0.1) is 11.3 Å². The fraction of sp³-hybridized carbons (Fsp3) is 0.323. The first-order chi connectivity index (χ1) is 18.6.